The fourth-order valence-electron chi connectivity index (χ4n) is 2.77. The summed E-state index contributed by atoms with van der Waals surface area (Å²) in [4.78, 5) is 18.2. The Balaban J connectivity index is 0.00000392. The van der Waals surface area contributed by atoms with Crippen LogP contribution in [0.25, 0.3) is 0 Å². The summed E-state index contributed by atoms with van der Waals surface area (Å²) in [5.74, 6) is 0.915. The maximum Gasteiger partial charge on any atom is 0.407 e. The number of alkyl carbamates (subject to hydrolysis) is 1. The Morgan fingerprint density at radius 1 is 1.39 bits per heavy atom. The van der Waals surface area contributed by atoms with Gasteiger partial charge in [0.15, 0.2) is 5.96 Å². The number of guanidine groups is 1. The molecule has 1 aromatic carbocycles. The standard InChI is InChI=1S/C19H29FN4O3.HI/c1-19(2,3)27-18(25)23-15-8-10-24(13-15)17(21-4)22-9-11-26-16-7-5-6-14(20)12-16;/h5-7,12,15H,8-11,13H2,1-4H3,(H,21,22)(H,23,25);1H. The number of hydrogen-bond acceptors (Lipinski definition) is 4. The predicted molar refractivity (Wildman–Crippen MR) is 118 cm³/mol. The molecule has 1 fully saturated rings. The van der Waals surface area contributed by atoms with Gasteiger partial charge in [-0.05, 0) is 39.3 Å². The first kappa shape index (κ1) is 24.3. The van der Waals surface area contributed by atoms with Crippen molar-refractivity contribution in [2.24, 2.45) is 4.99 Å². The number of halogens is 2. The second-order valence-corrected chi connectivity index (χ2v) is 7.36. The molecule has 9 heteroatoms. The summed E-state index contributed by atoms with van der Waals surface area (Å²) in [6, 6.07) is 6.07. The van der Waals surface area contributed by atoms with E-state index in [1.165, 1.54) is 12.1 Å². The normalized spacial score (nSPS) is 17.0. The number of rotatable bonds is 5. The predicted octanol–water partition coefficient (Wildman–Crippen LogP) is 3.00. The van der Waals surface area contributed by atoms with Crippen molar-refractivity contribution in [2.45, 2.75) is 38.8 Å². The highest BCUT2D eigenvalue weighted by atomic mass is 127. The van der Waals surface area contributed by atoms with Gasteiger partial charge in [-0.2, -0.15) is 0 Å². The van der Waals surface area contributed by atoms with E-state index in [1.54, 1.807) is 19.2 Å². The Labute approximate surface area is 183 Å². The van der Waals surface area contributed by atoms with Gasteiger partial charge in [-0.15, -0.1) is 24.0 Å². The number of aliphatic imine (C=N–C) groups is 1. The van der Waals surface area contributed by atoms with Crippen molar-refractivity contribution in [3.05, 3.63) is 30.1 Å². The molecule has 0 spiro atoms. The third kappa shape index (κ3) is 8.49. The highest BCUT2D eigenvalue weighted by Crippen LogP contribution is 2.13. The van der Waals surface area contributed by atoms with E-state index in [1.807, 2.05) is 20.8 Å². The molecule has 0 aliphatic carbocycles. The third-order valence-electron chi connectivity index (χ3n) is 3.87. The van der Waals surface area contributed by atoms with Gasteiger partial charge < -0.3 is 25.0 Å². The number of carbonyl (C=O) groups is 1. The Kier molecular flexibility index (Phi) is 9.77. The van der Waals surface area contributed by atoms with E-state index in [2.05, 4.69) is 20.5 Å². The maximum absolute atomic E-state index is 13.1. The summed E-state index contributed by atoms with van der Waals surface area (Å²) in [7, 11) is 1.71. The lowest BCUT2D eigenvalue weighted by Crippen LogP contribution is -2.44. The second kappa shape index (κ2) is 11.3. The summed E-state index contributed by atoms with van der Waals surface area (Å²) in [5, 5.41) is 6.11. The van der Waals surface area contributed by atoms with Crippen molar-refractivity contribution in [1.82, 2.24) is 15.5 Å². The van der Waals surface area contributed by atoms with Gasteiger partial charge in [-0.25, -0.2) is 9.18 Å². The molecule has 2 N–H and O–H groups in total. The van der Waals surface area contributed by atoms with Crippen LogP contribution in [0.15, 0.2) is 29.3 Å². The van der Waals surface area contributed by atoms with E-state index in [-0.39, 0.29) is 35.8 Å². The van der Waals surface area contributed by atoms with Gasteiger partial charge in [0.25, 0.3) is 0 Å². The summed E-state index contributed by atoms with van der Waals surface area (Å²) < 4.78 is 23.9. The minimum absolute atomic E-state index is 0. The Morgan fingerprint density at radius 2 is 2.14 bits per heavy atom. The van der Waals surface area contributed by atoms with E-state index >= 15 is 0 Å². The Hall–Kier alpha value is -1.78. The topological polar surface area (TPSA) is 75.2 Å². The largest absolute Gasteiger partial charge is 0.492 e. The van der Waals surface area contributed by atoms with Gasteiger partial charge >= 0.3 is 6.09 Å². The summed E-state index contributed by atoms with van der Waals surface area (Å²) in [6.45, 7) is 7.87. The number of benzene rings is 1. The molecule has 1 heterocycles. The summed E-state index contributed by atoms with van der Waals surface area (Å²) in [6.07, 6.45) is 0.417. The quantitative estimate of drug-likeness (QED) is 0.277. The molecular weight excluding hydrogens is 478 g/mol. The molecule has 7 nitrogen and oxygen atoms in total. The summed E-state index contributed by atoms with van der Waals surface area (Å²) >= 11 is 0. The highest BCUT2D eigenvalue weighted by molar-refractivity contribution is 14.0. The van der Waals surface area contributed by atoms with Crippen LogP contribution < -0.4 is 15.4 Å². The van der Waals surface area contributed by atoms with Crippen LogP contribution in [0, 0.1) is 5.82 Å². The zero-order valence-electron chi connectivity index (χ0n) is 16.8. The Bertz CT molecular complexity index is 667. The zero-order chi connectivity index (χ0) is 19.9. The number of nitrogens with one attached hydrogen (secondary N) is 2. The van der Waals surface area contributed by atoms with E-state index in [0.29, 0.717) is 25.4 Å². The molecule has 1 saturated heterocycles. The fourth-order valence-corrected chi connectivity index (χ4v) is 2.77. The minimum atomic E-state index is -0.512. The molecule has 2 rings (SSSR count). The van der Waals surface area contributed by atoms with Crippen LogP contribution in [0.4, 0.5) is 9.18 Å². The lowest BCUT2D eigenvalue weighted by molar-refractivity contribution is 0.0507. The van der Waals surface area contributed by atoms with Gasteiger partial charge in [0.2, 0.25) is 0 Å². The first-order valence-electron chi connectivity index (χ1n) is 9.10. The van der Waals surface area contributed by atoms with Crippen LogP contribution in [0.2, 0.25) is 0 Å². The van der Waals surface area contributed by atoms with Crippen molar-refractivity contribution in [1.29, 1.82) is 0 Å². The molecule has 1 unspecified atom stereocenters. The third-order valence-corrected chi connectivity index (χ3v) is 3.87. The van der Waals surface area contributed by atoms with E-state index < -0.39 is 11.7 Å². The van der Waals surface area contributed by atoms with E-state index in [4.69, 9.17) is 9.47 Å². The molecule has 0 bridgehead atoms. The van der Waals surface area contributed by atoms with Crippen LogP contribution in [-0.4, -0.2) is 61.9 Å². The average molecular weight is 508 g/mol. The molecule has 28 heavy (non-hydrogen) atoms. The molecule has 1 aliphatic heterocycles. The molecular formula is C19H30FIN4O3. The van der Waals surface area contributed by atoms with Crippen molar-refractivity contribution in [2.75, 3.05) is 33.3 Å². The number of likely N-dealkylation sites (tertiary alicyclic amines) is 1. The number of ether oxygens (including phenoxy) is 2. The van der Waals surface area contributed by atoms with Gasteiger partial charge in [0.1, 0.15) is 23.8 Å². The molecule has 1 atom stereocenters. The maximum atomic E-state index is 13.1. The van der Waals surface area contributed by atoms with Crippen molar-refractivity contribution >= 4 is 36.0 Å². The number of hydrogen-bond donors (Lipinski definition) is 2. The van der Waals surface area contributed by atoms with Crippen LogP contribution in [-0.2, 0) is 4.74 Å². The molecule has 158 valence electrons. The Morgan fingerprint density at radius 3 is 2.79 bits per heavy atom. The van der Waals surface area contributed by atoms with E-state index in [0.717, 1.165) is 18.9 Å². The van der Waals surface area contributed by atoms with Crippen LogP contribution in [0.5, 0.6) is 5.75 Å². The lowest BCUT2D eigenvalue weighted by Gasteiger charge is -2.23. The SMILES string of the molecule is CN=C(NCCOc1cccc(F)c1)N1CCC(NC(=O)OC(C)(C)C)C1.I. The number of amides is 1. The van der Waals surface area contributed by atoms with Gasteiger partial charge in [0, 0.05) is 26.2 Å². The van der Waals surface area contributed by atoms with Crippen LogP contribution in [0.1, 0.15) is 27.2 Å². The smallest absolute Gasteiger partial charge is 0.407 e. The highest BCUT2D eigenvalue weighted by Gasteiger charge is 2.27. The zero-order valence-corrected chi connectivity index (χ0v) is 19.2. The number of nitrogens with zero attached hydrogens (tertiary/aromatic N) is 2. The van der Waals surface area contributed by atoms with Crippen LogP contribution in [0.3, 0.4) is 0 Å². The van der Waals surface area contributed by atoms with E-state index in [9.17, 15) is 9.18 Å². The van der Waals surface area contributed by atoms with Crippen LogP contribution >= 0.6 is 24.0 Å². The van der Waals surface area contributed by atoms with Crippen molar-refractivity contribution in [3.8, 4) is 5.75 Å². The first-order chi connectivity index (χ1) is 12.8. The van der Waals surface area contributed by atoms with Gasteiger partial charge in [0.05, 0.1) is 12.6 Å². The van der Waals surface area contributed by atoms with Gasteiger partial charge in [-0.1, -0.05) is 6.07 Å². The average Bonchev–Trinajstić information content (AvgIpc) is 3.01. The summed E-state index contributed by atoms with van der Waals surface area (Å²) in [5.41, 5.74) is -0.512. The minimum Gasteiger partial charge on any atom is -0.492 e. The molecule has 0 radical (unpaired) electrons. The van der Waals surface area contributed by atoms with Crippen molar-refractivity contribution in [3.63, 3.8) is 0 Å². The molecule has 1 aromatic rings. The van der Waals surface area contributed by atoms with Crippen molar-refractivity contribution < 1.29 is 18.7 Å². The molecule has 1 aliphatic rings. The molecule has 1 amide bonds. The number of carbonyl (C=O) groups excluding carboxylic acids is 1. The second-order valence-electron chi connectivity index (χ2n) is 7.36. The van der Waals surface area contributed by atoms with Gasteiger partial charge in [-0.3, -0.25) is 4.99 Å². The lowest BCUT2D eigenvalue weighted by atomic mass is 10.2. The first-order valence-corrected chi connectivity index (χ1v) is 9.10. The fraction of sp³-hybridized carbons (Fsp3) is 0.579. The monoisotopic (exact) mass is 508 g/mol. The molecule has 0 saturated carbocycles. The molecule has 0 aromatic heterocycles.